The monoisotopic (exact) mass is 298 g/mol. The van der Waals surface area contributed by atoms with Crippen molar-refractivity contribution in [3.8, 4) is 5.75 Å². The third-order valence-corrected chi connectivity index (χ3v) is 3.48. The molecular weight excluding hydrogens is 284 g/mol. The van der Waals surface area contributed by atoms with Crippen molar-refractivity contribution in [3.63, 3.8) is 0 Å². The van der Waals surface area contributed by atoms with Gasteiger partial charge >= 0.3 is 5.97 Å². The van der Waals surface area contributed by atoms with E-state index in [2.05, 4.69) is 22.0 Å². The summed E-state index contributed by atoms with van der Waals surface area (Å²) in [4.78, 5) is 11.4. The highest BCUT2D eigenvalue weighted by atomic mass is 79.9. The Hall–Kier alpha value is -1.03. The Balaban J connectivity index is 2.09. The smallest absolute Gasteiger partial charge is 0.306 e. The lowest BCUT2D eigenvalue weighted by Crippen LogP contribution is -2.11. The zero-order valence-electron chi connectivity index (χ0n) is 9.74. The van der Waals surface area contributed by atoms with Gasteiger partial charge in [-0.15, -0.1) is 0 Å². The minimum Gasteiger partial charge on any atom is -0.493 e. The molecule has 0 amide bonds. The molecule has 0 N–H and O–H groups in total. The summed E-state index contributed by atoms with van der Waals surface area (Å²) in [6.45, 7) is 2.82. The molecule has 0 saturated carbocycles. The fraction of sp³-hybridized carbons (Fsp3) is 0.462. The fourth-order valence-electron chi connectivity index (χ4n) is 1.99. The molecule has 0 spiro atoms. The van der Waals surface area contributed by atoms with Crippen LogP contribution in [0.1, 0.15) is 30.4 Å². The van der Waals surface area contributed by atoms with Gasteiger partial charge in [-0.25, -0.2) is 0 Å². The Labute approximate surface area is 109 Å². The molecule has 3 nitrogen and oxygen atoms in total. The van der Waals surface area contributed by atoms with Crippen molar-refractivity contribution in [2.45, 2.75) is 24.6 Å². The molecule has 0 bridgehead atoms. The molecule has 1 atom stereocenters. The number of halogens is 1. The maximum absolute atomic E-state index is 11.4. The number of rotatable bonds is 4. The maximum atomic E-state index is 11.4. The molecule has 1 heterocycles. The predicted molar refractivity (Wildman–Crippen MR) is 68.6 cm³/mol. The van der Waals surface area contributed by atoms with Gasteiger partial charge in [-0.05, 0) is 18.6 Å². The van der Waals surface area contributed by atoms with Crippen LogP contribution in [0.15, 0.2) is 18.2 Å². The van der Waals surface area contributed by atoms with Crippen molar-refractivity contribution in [1.82, 2.24) is 0 Å². The fourth-order valence-corrected chi connectivity index (χ4v) is 2.34. The Kier molecular flexibility index (Phi) is 4.05. The molecule has 17 heavy (non-hydrogen) atoms. The second-order valence-corrected chi connectivity index (χ2v) is 4.58. The van der Waals surface area contributed by atoms with Crippen LogP contribution >= 0.6 is 15.9 Å². The number of hydrogen-bond donors (Lipinski definition) is 0. The number of carbonyl (C=O) groups is 1. The molecule has 0 saturated heterocycles. The van der Waals surface area contributed by atoms with Crippen LogP contribution in [-0.4, -0.2) is 19.2 Å². The van der Waals surface area contributed by atoms with E-state index in [1.54, 1.807) is 0 Å². The summed E-state index contributed by atoms with van der Waals surface area (Å²) in [7, 11) is 0. The lowest BCUT2D eigenvalue weighted by atomic mass is 9.97. The van der Waals surface area contributed by atoms with Crippen LogP contribution < -0.4 is 4.74 Å². The van der Waals surface area contributed by atoms with Gasteiger partial charge < -0.3 is 9.47 Å². The molecule has 0 fully saturated rings. The molecule has 1 aromatic rings. The molecule has 0 radical (unpaired) electrons. The second kappa shape index (κ2) is 5.54. The normalized spacial score (nSPS) is 17.4. The highest BCUT2D eigenvalue weighted by Crippen LogP contribution is 2.36. The van der Waals surface area contributed by atoms with Crippen LogP contribution in [0.2, 0.25) is 0 Å². The van der Waals surface area contributed by atoms with Crippen molar-refractivity contribution in [2.24, 2.45) is 0 Å². The average Bonchev–Trinajstić information content (AvgIpc) is 2.72. The molecule has 92 valence electrons. The van der Waals surface area contributed by atoms with E-state index in [1.165, 1.54) is 5.56 Å². The standard InChI is InChI=1S/C13H15BrO3/c1-2-16-13(15)6-10-8-17-12-5-9(7-14)3-4-11(10)12/h3-5,10H,2,6-8H2,1H3. The Morgan fingerprint density at radius 2 is 2.41 bits per heavy atom. The highest BCUT2D eigenvalue weighted by molar-refractivity contribution is 9.08. The molecule has 1 aliphatic rings. The summed E-state index contributed by atoms with van der Waals surface area (Å²) in [6.07, 6.45) is 0.397. The molecule has 1 aromatic carbocycles. The first-order valence-electron chi connectivity index (χ1n) is 5.71. The third-order valence-electron chi connectivity index (χ3n) is 2.83. The van der Waals surface area contributed by atoms with E-state index in [-0.39, 0.29) is 11.9 Å². The van der Waals surface area contributed by atoms with Crippen LogP contribution in [0.3, 0.4) is 0 Å². The Morgan fingerprint density at radius 3 is 3.12 bits per heavy atom. The summed E-state index contributed by atoms with van der Waals surface area (Å²) in [5.41, 5.74) is 2.29. The van der Waals surface area contributed by atoms with E-state index in [9.17, 15) is 4.79 Å². The minimum absolute atomic E-state index is 0.133. The number of benzene rings is 1. The molecular formula is C13H15BrO3. The number of esters is 1. The molecule has 1 unspecified atom stereocenters. The summed E-state index contributed by atoms with van der Waals surface area (Å²) in [6, 6.07) is 6.12. The van der Waals surface area contributed by atoms with Gasteiger partial charge in [0.05, 0.1) is 19.6 Å². The maximum Gasteiger partial charge on any atom is 0.306 e. The number of hydrogen-bond acceptors (Lipinski definition) is 3. The van der Waals surface area contributed by atoms with Crippen LogP contribution in [-0.2, 0) is 14.9 Å². The lowest BCUT2D eigenvalue weighted by Gasteiger charge is -2.08. The van der Waals surface area contributed by atoms with Gasteiger partial charge in [-0.2, -0.15) is 0 Å². The first kappa shape index (κ1) is 12.4. The van der Waals surface area contributed by atoms with Gasteiger partial charge in [0.2, 0.25) is 0 Å². The van der Waals surface area contributed by atoms with E-state index in [1.807, 2.05) is 19.1 Å². The van der Waals surface area contributed by atoms with Crippen molar-refractivity contribution in [3.05, 3.63) is 29.3 Å². The van der Waals surface area contributed by atoms with Crippen LogP contribution in [0, 0.1) is 0 Å². The summed E-state index contributed by atoms with van der Waals surface area (Å²) < 4.78 is 10.6. The van der Waals surface area contributed by atoms with E-state index >= 15 is 0 Å². The van der Waals surface area contributed by atoms with E-state index in [4.69, 9.17) is 9.47 Å². The van der Waals surface area contributed by atoms with Crippen molar-refractivity contribution >= 4 is 21.9 Å². The van der Waals surface area contributed by atoms with Gasteiger partial charge in [0, 0.05) is 16.8 Å². The zero-order chi connectivity index (χ0) is 12.3. The number of carbonyl (C=O) groups excluding carboxylic acids is 1. The highest BCUT2D eigenvalue weighted by Gasteiger charge is 2.26. The van der Waals surface area contributed by atoms with Gasteiger partial charge in [0.1, 0.15) is 5.75 Å². The Morgan fingerprint density at radius 1 is 1.59 bits per heavy atom. The van der Waals surface area contributed by atoms with Gasteiger partial charge in [0.15, 0.2) is 0 Å². The quantitative estimate of drug-likeness (QED) is 0.633. The first-order chi connectivity index (χ1) is 8.24. The molecule has 0 aromatic heterocycles. The summed E-state index contributed by atoms with van der Waals surface area (Å²) in [5.74, 6) is 0.878. The third kappa shape index (κ3) is 2.80. The van der Waals surface area contributed by atoms with Crippen molar-refractivity contribution in [1.29, 1.82) is 0 Å². The van der Waals surface area contributed by atoms with Gasteiger partial charge in [-0.1, -0.05) is 28.1 Å². The summed E-state index contributed by atoms with van der Waals surface area (Å²) >= 11 is 3.41. The van der Waals surface area contributed by atoms with Crippen molar-refractivity contribution < 1.29 is 14.3 Å². The SMILES string of the molecule is CCOC(=O)CC1COc2cc(CBr)ccc21. The molecule has 4 heteroatoms. The topological polar surface area (TPSA) is 35.5 Å². The molecule has 2 rings (SSSR count). The van der Waals surface area contributed by atoms with Crippen LogP contribution in [0.4, 0.5) is 0 Å². The van der Waals surface area contributed by atoms with Gasteiger partial charge in [0.25, 0.3) is 0 Å². The van der Waals surface area contributed by atoms with Crippen molar-refractivity contribution in [2.75, 3.05) is 13.2 Å². The zero-order valence-corrected chi connectivity index (χ0v) is 11.3. The van der Waals surface area contributed by atoms with Crippen LogP contribution in [0.5, 0.6) is 5.75 Å². The van der Waals surface area contributed by atoms with Gasteiger partial charge in [-0.3, -0.25) is 4.79 Å². The van der Waals surface area contributed by atoms with E-state index in [0.717, 1.165) is 16.6 Å². The predicted octanol–water partition coefficient (Wildman–Crippen LogP) is 3.01. The average molecular weight is 299 g/mol. The number of alkyl halides is 1. The molecule has 0 aliphatic carbocycles. The van der Waals surface area contributed by atoms with E-state index in [0.29, 0.717) is 19.6 Å². The number of fused-ring (bicyclic) bond motifs is 1. The second-order valence-electron chi connectivity index (χ2n) is 4.02. The largest absolute Gasteiger partial charge is 0.493 e. The lowest BCUT2D eigenvalue weighted by molar-refractivity contribution is -0.143. The minimum atomic E-state index is -0.154. The number of ether oxygens (including phenoxy) is 2. The summed E-state index contributed by atoms with van der Waals surface area (Å²) in [5, 5.41) is 0.812. The first-order valence-corrected chi connectivity index (χ1v) is 6.84. The Bertz CT molecular complexity index is 417. The van der Waals surface area contributed by atoms with Crippen LogP contribution in [0.25, 0.3) is 0 Å². The van der Waals surface area contributed by atoms with E-state index < -0.39 is 0 Å². The molecule has 1 aliphatic heterocycles.